The van der Waals surface area contributed by atoms with Gasteiger partial charge in [0, 0.05) is 22.5 Å². The van der Waals surface area contributed by atoms with Gasteiger partial charge in [-0.15, -0.1) is 0 Å². The topological polar surface area (TPSA) is 86.1 Å². The Hall–Kier alpha value is -2.34. The maximum absolute atomic E-state index is 12.1. The second-order valence-corrected chi connectivity index (χ2v) is 6.78. The zero-order valence-corrected chi connectivity index (χ0v) is 13.6. The van der Waals surface area contributed by atoms with Crippen molar-refractivity contribution in [1.82, 2.24) is 4.31 Å². The molecular formula is C16H18N4O2S. The molecule has 0 aliphatic rings. The van der Waals surface area contributed by atoms with Crippen molar-refractivity contribution in [2.24, 2.45) is 4.52 Å². The van der Waals surface area contributed by atoms with Gasteiger partial charge in [0.25, 0.3) is 0 Å². The van der Waals surface area contributed by atoms with Gasteiger partial charge in [-0.3, -0.25) is 0 Å². The predicted octanol–water partition coefficient (Wildman–Crippen LogP) is 3.59. The van der Waals surface area contributed by atoms with Gasteiger partial charge in [0.1, 0.15) is 0 Å². The fourth-order valence-electron chi connectivity index (χ4n) is 2.17. The molecule has 2 aromatic carbocycles. The second kappa shape index (κ2) is 7.78. The fourth-order valence-corrected chi connectivity index (χ4v) is 3.00. The van der Waals surface area contributed by atoms with Crippen LogP contribution in [0.5, 0.6) is 0 Å². The van der Waals surface area contributed by atoms with Crippen LogP contribution in [0.25, 0.3) is 10.4 Å². The quantitative estimate of drug-likeness (QED) is 0.441. The van der Waals surface area contributed by atoms with Gasteiger partial charge in [0.15, 0.2) is 0 Å². The van der Waals surface area contributed by atoms with E-state index >= 15 is 0 Å². The summed E-state index contributed by atoms with van der Waals surface area (Å²) in [6, 6.07) is 17.1. The Kier molecular flexibility index (Phi) is 5.76. The molecule has 2 aromatic rings. The first kappa shape index (κ1) is 17.0. The first-order valence-corrected chi connectivity index (χ1v) is 8.57. The molecule has 0 aromatic heterocycles. The van der Waals surface area contributed by atoms with Gasteiger partial charge in [-0.05, 0) is 30.0 Å². The van der Waals surface area contributed by atoms with Crippen molar-refractivity contribution in [3.05, 3.63) is 81.7 Å². The van der Waals surface area contributed by atoms with E-state index in [2.05, 4.69) is 9.43 Å². The Bertz CT molecular complexity index is 783. The van der Waals surface area contributed by atoms with E-state index in [4.69, 9.17) is 5.53 Å². The molecule has 23 heavy (non-hydrogen) atoms. The molecule has 0 atom stereocenters. The van der Waals surface area contributed by atoms with Gasteiger partial charge in [-0.25, -0.2) is 8.42 Å². The van der Waals surface area contributed by atoms with E-state index < -0.39 is 10.2 Å². The Labute approximate surface area is 136 Å². The number of benzene rings is 2. The molecule has 0 bridgehead atoms. The van der Waals surface area contributed by atoms with E-state index in [9.17, 15) is 8.42 Å². The minimum absolute atomic E-state index is 0.175. The maximum Gasteiger partial charge on any atom is 0.302 e. The lowest BCUT2D eigenvalue weighted by molar-refractivity contribution is 0.410. The summed E-state index contributed by atoms with van der Waals surface area (Å²) in [7, 11) is -4.01. The monoisotopic (exact) mass is 330 g/mol. The molecule has 0 aliphatic carbocycles. The number of aryl methyl sites for hydroxylation is 1. The van der Waals surface area contributed by atoms with E-state index in [1.165, 1.54) is 4.31 Å². The van der Waals surface area contributed by atoms with E-state index in [0.29, 0.717) is 6.42 Å². The highest BCUT2D eigenvalue weighted by Gasteiger charge is 2.20. The van der Waals surface area contributed by atoms with Crippen molar-refractivity contribution >= 4 is 10.2 Å². The largest absolute Gasteiger partial charge is 0.302 e. The van der Waals surface area contributed by atoms with Gasteiger partial charge < -0.3 is 0 Å². The van der Waals surface area contributed by atoms with Crippen LogP contribution in [0.15, 0.2) is 59.1 Å². The lowest BCUT2D eigenvalue weighted by Gasteiger charge is -2.19. The van der Waals surface area contributed by atoms with Crippen LogP contribution in [0.4, 0.5) is 0 Å². The molecule has 120 valence electrons. The molecule has 6 nitrogen and oxygen atoms in total. The Morgan fingerprint density at radius 3 is 2.30 bits per heavy atom. The van der Waals surface area contributed by atoms with Gasteiger partial charge in [0.2, 0.25) is 0 Å². The normalized spacial score (nSPS) is 11.2. The number of hydrogen-bond acceptors (Lipinski definition) is 2. The summed E-state index contributed by atoms with van der Waals surface area (Å²) in [5.41, 5.74) is 11.5. The summed E-state index contributed by atoms with van der Waals surface area (Å²) in [4.78, 5) is 2.43. The van der Waals surface area contributed by atoms with Crippen LogP contribution < -0.4 is 0 Å². The minimum atomic E-state index is -4.01. The molecule has 0 unspecified atom stereocenters. The standard InChI is InChI=1S/C16H18N4O2S/c1-14-7-9-15(10-8-14)11-12-20(23(21,22)19-18-17)13-16-5-3-2-4-6-16/h2-10H,11-13H2,1H3. The summed E-state index contributed by atoms with van der Waals surface area (Å²) in [6.07, 6.45) is 0.549. The lowest BCUT2D eigenvalue weighted by Crippen LogP contribution is -2.30. The molecule has 0 fully saturated rings. The third-order valence-electron chi connectivity index (χ3n) is 3.44. The van der Waals surface area contributed by atoms with Crippen molar-refractivity contribution in [2.75, 3.05) is 6.54 Å². The van der Waals surface area contributed by atoms with E-state index in [-0.39, 0.29) is 13.1 Å². The molecule has 0 amide bonds. The average molecular weight is 330 g/mol. The van der Waals surface area contributed by atoms with Crippen molar-refractivity contribution in [2.45, 2.75) is 19.9 Å². The van der Waals surface area contributed by atoms with Crippen molar-refractivity contribution in [1.29, 1.82) is 0 Å². The molecule has 0 aliphatic heterocycles. The summed E-state index contributed by atoms with van der Waals surface area (Å²) in [5.74, 6) is 0. The van der Waals surface area contributed by atoms with Crippen molar-refractivity contribution < 1.29 is 8.42 Å². The van der Waals surface area contributed by atoms with Crippen LogP contribution >= 0.6 is 0 Å². The van der Waals surface area contributed by atoms with Gasteiger partial charge in [0.05, 0.1) is 0 Å². The molecule has 0 spiro atoms. The smallest absolute Gasteiger partial charge is 0.204 e. The summed E-state index contributed by atoms with van der Waals surface area (Å²) >= 11 is 0. The van der Waals surface area contributed by atoms with Crippen LogP contribution in [0.2, 0.25) is 0 Å². The molecule has 0 saturated heterocycles. The number of nitrogens with zero attached hydrogens (tertiary/aromatic N) is 4. The molecule has 2 rings (SSSR count). The fraction of sp³-hybridized carbons (Fsp3) is 0.250. The van der Waals surface area contributed by atoms with Gasteiger partial charge in [-0.1, -0.05) is 60.2 Å². The van der Waals surface area contributed by atoms with Crippen LogP contribution in [0, 0.1) is 6.92 Å². The highest BCUT2D eigenvalue weighted by molar-refractivity contribution is 7.87. The molecular weight excluding hydrogens is 312 g/mol. The lowest BCUT2D eigenvalue weighted by atomic mass is 10.1. The number of hydrogen-bond donors (Lipinski definition) is 0. The zero-order chi connectivity index (χ0) is 16.7. The third-order valence-corrected chi connectivity index (χ3v) is 4.68. The predicted molar refractivity (Wildman–Crippen MR) is 89.8 cm³/mol. The zero-order valence-electron chi connectivity index (χ0n) is 12.8. The molecule has 0 N–H and O–H groups in total. The third kappa shape index (κ3) is 5.10. The van der Waals surface area contributed by atoms with Crippen molar-refractivity contribution in [3.8, 4) is 0 Å². The first-order valence-electron chi connectivity index (χ1n) is 7.17. The average Bonchev–Trinajstić information content (AvgIpc) is 2.54. The number of rotatable bonds is 7. The van der Waals surface area contributed by atoms with Crippen molar-refractivity contribution in [3.63, 3.8) is 0 Å². The van der Waals surface area contributed by atoms with Crippen LogP contribution in [0.1, 0.15) is 16.7 Å². The second-order valence-electron chi connectivity index (χ2n) is 5.20. The highest BCUT2D eigenvalue weighted by atomic mass is 32.2. The Morgan fingerprint density at radius 2 is 1.70 bits per heavy atom. The molecule has 0 saturated carbocycles. The van der Waals surface area contributed by atoms with Gasteiger partial charge >= 0.3 is 10.2 Å². The highest BCUT2D eigenvalue weighted by Crippen LogP contribution is 2.13. The summed E-state index contributed by atoms with van der Waals surface area (Å²) < 4.78 is 28.4. The minimum Gasteiger partial charge on any atom is -0.204 e. The summed E-state index contributed by atoms with van der Waals surface area (Å²) in [5, 5.41) is 0. The SMILES string of the molecule is Cc1ccc(CCN(Cc2ccccc2)S(=O)(=O)N=[N+]=[N-])cc1. The van der Waals surface area contributed by atoms with Crippen LogP contribution in [0.3, 0.4) is 0 Å². The van der Waals surface area contributed by atoms with Crippen LogP contribution in [-0.2, 0) is 23.2 Å². The first-order chi connectivity index (χ1) is 11.0. The number of azide groups is 1. The molecule has 0 heterocycles. The molecule has 7 heteroatoms. The van der Waals surface area contributed by atoms with E-state index in [1.807, 2.05) is 61.5 Å². The van der Waals surface area contributed by atoms with E-state index in [0.717, 1.165) is 16.7 Å². The molecule has 0 radical (unpaired) electrons. The summed E-state index contributed by atoms with van der Waals surface area (Å²) in [6.45, 7) is 2.42. The van der Waals surface area contributed by atoms with Crippen LogP contribution in [-0.4, -0.2) is 19.3 Å². The Morgan fingerprint density at radius 1 is 1.04 bits per heavy atom. The van der Waals surface area contributed by atoms with Gasteiger partial charge in [-0.2, -0.15) is 4.31 Å². The maximum atomic E-state index is 12.1. The van der Waals surface area contributed by atoms with E-state index in [1.54, 1.807) is 0 Å². The Balaban J connectivity index is 2.16.